The predicted molar refractivity (Wildman–Crippen MR) is 67.1 cm³/mol. The minimum Gasteiger partial charge on any atom is -0.480 e. The lowest BCUT2D eigenvalue weighted by atomic mass is 10.3. The van der Waals surface area contributed by atoms with Crippen molar-refractivity contribution in [1.82, 2.24) is 9.97 Å². The molecule has 88 valence electrons. The van der Waals surface area contributed by atoms with Gasteiger partial charge in [0.1, 0.15) is 10.3 Å². The molecule has 0 amide bonds. The summed E-state index contributed by atoms with van der Waals surface area (Å²) in [5.41, 5.74) is 1.61. The lowest BCUT2D eigenvalue weighted by Crippen LogP contribution is -2.14. The fourth-order valence-corrected chi connectivity index (χ4v) is 2.27. The maximum atomic E-state index is 10.9. The van der Waals surface area contributed by atoms with Crippen molar-refractivity contribution in [3.8, 4) is 0 Å². The van der Waals surface area contributed by atoms with Crippen molar-refractivity contribution in [2.45, 2.75) is 23.6 Å². The van der Waals surface area contributed by atoms with Crippen LogP contribution in [0.1, 0.15) is 13.3 Å². The highest BCUT2D eigenvalue weighted by Gasteiger charge is 2.17. The van der Waals surface area contributed by atoms with E-state index in [0.29, 0.717) is 11.4 Å². The SMILES string of the molecule is CCC(Sc1cnc2ccccc2n1)C(=O)O. The number of hydrogen-bond acceptors (Lipinski definition) is 4. The Morgan fingerprint density at radius 3 is 2.76 bits per heavy atom. The molecule has 1 aromatic carbocycles. The van der Waals surface area contributed by atoms with Gasteiger partial charge >= 0.3 is 5.97 Å². The fraction of sp³-hybridized carbons (Fsp3) is 0.250. The molecule has 0 bridgehead atoms. The highest BCUT2D eigenvalue weighted by Crippen LogP contribution is 2.24. The van der Waals surface area contributed by atoms with Crippen LogP contribution in [0.4, 0.5) is 0 Å². The Kier molecular flexibility index (Phi) is 3.58. The van der Waals surface area contributed by atoms with Gasteiger partial charge in [0.25, 0.3) is 0 Å². The molecule has 0 spiro atoms. The minimum atomic E-state index is -0.813. The van der Waals surface area contributed by atoms with Crippen molar-refractivity contribution >= 4 is 28.8 Å². The third kappa shape index (κ3) is 2.74. The van der Waals surface area contributed by atoms with E-state index >= 15 is 0 Å². The van der Waals surface area contributed by atoms with Gasteiger partial charge in [-0.3, -0.25) is 9.78 Å². The lowest BCUT2D eigenvalue weighted by Gasteiger charge is -2.08. The van der Waals surface area contributed by atoms with Crippen LogP contribution in [0.3, 0.4) is 0 Å². The molecule has 1 N–H and O–H groups in total. The van der Waals surface area contributed by atoms with E-state index < -0.39 is 11.2 Å². The first kappa shape index (κ1) is 11.9. The number of carboxylic acid groups (broad SMARTS) is 1. The number of benzene rings is 1. The highest BCUT2D eigenvalue weighted by atomic mass is 32.2. The van der Waals surface area contributed by atoms with Crippen LogP contribution >= 0.6 is 11.8 Å². The molecule has 2 aromatic rings. The molecule has 0 aliphatic carbocycles. The molecule has 1 atom stereocenters. The van der Waals surface area contributed by atoms with Gasteiger partial charge in [-0.1, -0.05) is 30.8 Å². The Bertz CT molecular complexity index is 545. The number of nitrogens with zero attached hydrogens (tertiary/aromatic N) is 2. The van der Waals surface area contributed by atoms with Gasteiger partial charge in [0.05, 0.1) is 17.2 Å². The number of aromatic nitrogens is 2. The van der Waals surface area contributed by atoms with E-state index in [0.717, 1.165) is 11.0 Å². The summed E-state index contributed by atoms with van der Waals surface area (Å²) in [6.45, 7) is 1.85. The second kappa shape index (κ2) is 5.14. The molecule has 0 aliphatic rings. The molecule has 0 saturated heterocycles. The molecular formula is C12H12N2O2S. The third-order valence-corrected chi connectivity index (χ3v) is 3.59. The van der Waals surface area contributed by atoms with Crippen LogP contribution in [0.15, 0.2) is 35.5 Å². The van der Waals surface area contributed by atoms with E-state index in [-0.39, 0.29) is 0 Å². The summed E-state index contributed by atoms with van der Waals surface area (Å²) >= 11 is 1.24. The van der Waals surface area contributed by atoms with Crippen molar-refractivity contribution in [2.75, 3.05) is 0 Å². The summed E-state index contributed by atoms with van der Waals surface area (Å²) in [6.07, 6.45) is 2.19. The monoisotopic (exact) mass is 248 g/mol. The van der Waals surface area contributed by atoms with Gasteiger partial charge in [0.2, 0.25) is 0 Å². The zero-order chi connectivity index (χ0) is 12.3. The molecule has 0 aliphatic heterocycles. The molecule has 17 heavy (non-hydrogen) atoms. The van der Waals surface area contributed by atoms with Gasteiger partial charge in [-0.05, 0) is 18.6 Å². The first-order valence-corrected chi connectivity index (χ1v) is 6.20. The minimum absolute atomic E-state index is 0.467. The van der Waals surface area contributed by atoms with Crippen LogP contribution in [-0.2, 0) is 4.79 Å². The Hall–Kier alpha value is -1.62. The van der Waals surface area contributed by atoms with E-state index in [9.17, 15) is 4.79 Å². The van der Waals surface area contributed by atoms with Crippen molar-refractivity contribution in [1.29, 1.82) is 0 Å². The van der Waals surface area contributed by atoms with Crippen molar-refractivity contribution in [2.24, 2.45) is 0 Å². The molecular weight excluding hydrogens is 236 g/mol. The van der Waals surface area contributed by atoms with E-state index in [2.05, 4.69) is 9.97 Å². The number of rotatable bonds is 4. The highest BCUT2D eigenvalue weighted by molar-refractivity contribution is 8.00. The summed E-state index contributed by atoms with van der Waals surface area (Å²) in [5.74, 6) is -0.813. The Morgan fingerprint density at radius 1 is 1.41 bits per heavy atom. The smallest absolute Gasteiger partial charge is 0.317 e. The zero-order valence-corrected chi connectivity index (χ0v) is 10.1. The van der Waals surface area contributed by atoms with Gasteiger partial charge in [-0.2, -0.15) is 0 Å². The summed E-state index contributed by atoms with van der Waals surface area (Å²) in [5, 5.41) is 9.16. The number of thioether (sulfide) groups is 1. The first-order chi connectivity index (χ1) is 8.20. The zero-order valence-electron chi connectivity index (χ0n) is 9.33. The average molecular weight is 248 g/mol. The van der Waals surface area contributed by atoms with E-state index in [1.807, 2.05) is 31.2 Å². The molecule has 0 radical (unpaired) electrons. The van der Waals surface area contributed by atoms with E-state index in [1.54, 1.807) is 6.20 Å². The molecule has 4 nitrogen and oxygen atoms in total. The topological polar surface area (TPSA) is 63.1 Å². The molecule has 1 aromatic heterocycles. The van der Waals surface area contributed by atoms with Crippen molar-refractivity contribution in [3.63, 3.8) is 0 Å². The average Bonchev–Trinajstić information content (AvgIpc) is 2.35. The van der Waals surface area contributed by atoms with Gasteiger partial charge in [-0.15, -0.1) is 0 Å². The van der Waals surface area contributed by atoms with Crippen LogP contribution in [0.5, 0.6) is 0 Å². The Morgan fingerprint density at radius 2 is 2.12 bits per heavy atom. The van der Waals surface area contributed by atoms with Gasteiger partial charge in [-0.25, -0.2) is 4.98 Å². The fourth-order valence-electron chi connectivity index (χ4n) is 1.45. The third-order valence-electron chi connectivity index (χ3n) is 2.34. The molecule has 0 fully saturated rings. The van der Waals surface area contributed by atoms with Gasteiger partial charge in [0.15, 0.2) is 0 Å². The number of fused-ring (bicyclic) bond motifs is 1. The number of aliphatic carboxylic acids is 1. The predicted octanol–water partition coefficient (Wildman–Crippen LogP) is 2.59. The first-order valence-electron chi connectivity index (χ1n) is 5.32. The van der Waals surface area contributed by atoms with Gasteiger partial charge < -0.3 is 5.11 Å². The second-order valence-electron chi connectivity index (χ2n) is 3.55. The van der Waals surface area contributed by atoms with Crippen molar-refractivity contribution < 1.29 is 9.90 Å². The van der Waals surface area contributed by atoms with E-state index in [1.165, 1.54) is 11.8 Å². The summed E-state index contributed by atoms with van der Waals surface area (Å²) in [6, 6.07) is 7.54. The number of para-hydroxylation sites is 2. The standard InChI is InChI=1S/C12H12N2O2S/c1-2-10(12(15)16)17-11-7-13-8-5-3-4-6-9(8)14-11/h3-7,10H,2H2,1H3,(H,15,16). The molecule has 2 rings (SSSR count). The van der Waals surface area contributed by atoms with E-state index in [4.69, 9.17) is 5.11 Å². The van der Waals surface area contributed by atoms with Crippen LogP contribution in [0.25, 0.3) is 11.0 Å². The number of carbonyl (C=O) groups is 1. The van der Waals surface area contributed by atoms with Crippen LogP contribution in [0.2, 0.25) is 0 Å². The summed E-state index contributed by atoms with van der Waals surface area (Å²) in [4.78, 5) is 19.6. The maximum absolute atomic E-state index is 10.9. The van der Waals surface area contributed by atoms with Crippen molar-refractivity contribution in [3.05, 3.63) is 30.5 Å². The maximum Gasteiger partial charge on any atom is 0.317 e. The Balaban J connectivity index is 2.27. The Labute approximate surface area is 103 Å². The molecule has 1 heterocycles. The number of hydrogen-bond donors (Lipinski definition) is 1. The quantitative estimate of drug-likeness (QED) is 0.842. The number of carboxylic acids is 1. The van der Waals surface area contributed by atoms with Crippen LogP contribution in [0, 0.1) is 0 Å². The summed E-state index contributed by atoms with van der Waals surface area (Å²) in [7, 11) is 0. The van der Waals surface area contributed by atoms with Crippen LogP contribution < -0.4 is 0 Å². The second-order valence-corrected chi connectivity index (χ2v) is 4.77. The molecule has 1 unspecified atom stereocenters. The normalized spacial score (nSPS) is 12.5. The van der Waals surface area contributed by atoms with Gasteiger partial charge in [0, 0.05) is 0 Å². The summed E-state index contributed by atoms with van der Waals surface area (Å²) < 4.78 is 0. The molecule has 0 saturated carbocycles. The van der Waals surface area contributed by atoms with Crippen LogP contribution in [-0.4, -0.2) is 26.3 Å². The molecule has 5 heteroatoms. The lowest BCUT2D eigenvalue weighted by molar-refractivity contribution is -0.136. The largest absolute Gasteiger partial charge is 0.480 e.